The molecule has 41 heavy (non-hydrogen) atoms. The summed E-state index contributed by atoms with van der Waals surface area (Å²) in [7, 11) is -2.00. The maximum Gasteiger partial charge on any atom is 0.155 e. The predicted molar refractivity (Wildman–Crippen MR) is 168 cm³/mol. The number of furan rings is 1. The van der Waals surface area contributed by atoms with Gasteiger partial charge in [0.1, 0.15) is 11.5 Å². The number of carbonyl (C=O) groups excluding carboxylic acids is 1. The van der Waals surface area contributed by atoms with Gasteiger partial charge in [0.2, 0.25) is 0 Å². The summed E-state index contributed by atoms with van der Waals surface area (Å²) in [5.74, 6) is 1.97. The fourth-order valence-corrected chi connectivity index (χ4v) is 9.34. The number of aliphatic hydroxyl groups excluding tert-OH is 1. The summed E-state index contributed by atoms with van der Waals surface area (Å²) in [6.45, 7) is 17.0. The zero-order chi connectivity index (χ0) is 29.0. The van der Waals surface area contributed by atoms with Crippen LogP contribution in [0.1, 0.15) is 44.6 Å². The summed E-state index contributed by atoms with van der Waals surface area (Å²) >= 11 is 0. The van der Waals surface area contributed by atoms with E-state index in [1.54, 1.807) is 0 Å². The average Bonchev–Trinajstić information content (AvgIpc) is 3.20. The third kappa shape index (κ3) is 5.14. The summed E-state index contributed by atoms with van der Waals surface area (Å²) in [4.78, 5) is 14.9. The second-order valence-corrected chi connectivity index (χ2v) is 16.8. The number of hydrogen-bond donors (Lipinski definition) is 1. The molecule has 6 heteroatoms. The molecule has 0 saturated heterocycles. The van der Waals surface area contributed by atoms with Gasteiger partial charge in [0.15, 0.2) is 5.78 Å². The van der Waals surface area contributed by atoms with Crippen molar-refractivity contribution in [2.75, 3.05) is 0 Å². The summed E-state index contributed by atoms with van der Waals surface area (Å²) < 4.78 is 6.57. The number of aryl methyl sites for hydroxylation is 1. The molecule has 2 aromatic heterocycles. The Labute approximate surface area is 256 Å². The van der Waals surface area contributed by atoms with Crippen molar-refractivity contribution in [1.82, 2.24) is 4.98 Å². The molecule has 6 rings (SSSR count). The number of allylic oxidation sites excluding steroid dienone is 2. The predicted octanol–water partition coefficient (Wildman–Crippen LogP) is 8.51. The Morgan fingerprint density at radius 3 is 2.29 bits per heavy atom. The number of aromatic nitrogens is 1. The molecular weight excluding hydrogens is 703 g/mol. The minimum atomic E-state index is -2.00. The first-order valence-corrected chi connectivity index (χ1v) is 16.7. The largest absolute Gasteiger partial charge is 0.512 e. The van der Waals surface area contributed by atoms with Gasteiger partial charge in [0.05, 0.1) is 13.8 Å². The maximum absolute atomic E-state index is 10.0. The van der Waals surface area contributed by atoms with E-state index in [1.165, 1.54) is 52.6 Å². The van der Waals surface area contributed by atoms with Gasteiger partial charge in [0.25, 0.3) is 0 Å². The van der Waals surface area contributed by atoms with Gasteiger partial charge in [-0.05, 0) is 60.2 Å². The fraction of sp³-hybridized carbons (Fsp3) is 0.257. The molecule has 0 aliphatic carbocycles. The number of benzene rings is 3. The standard InChI is InChI=1S/C30H28NOSi.C5H8O2.Ir/c1-18-19(2)32-28-26-24(25-16-20-11-7-8-13-22(20)17-31-25)15-21-12-9-10-14-23(21)29(26)33(5,6)30(3,4)27(18)28;1-4(6)3-5(2)7;/h7-14,16-17H,1-6H3;3,6H,1-2H3;/q-1;;/b;4-3-;. The van der Waals surface area contributed by atoms with E-state index in [2.05, 4.69) is 101 Å². The van der Waals surface area contributed by atoms with Crippen LogP contribution in [0.25, 0.3) is 44.1 Å². The number of rotatable bonds is 2. The topological polar surface area (TPSA) is 63.3 Å². The zero-order valence-corrected chi connectivity index (χ0v) is 28.3. The van der Waals surface area contributed by atoms with E-state index in [9.17, 15) is 4.79 Å². The van der Waals surface area contributed by atoms with Crippen molar-refractivity contribution in [3.8, 4) is 22.6 Å². The number of pyridine rings is 1. The quantitative estimate of drug-likeness (QED) is 0.0855. The smallest absolute Gasteiger partial charge is 0.155 e. The van der Waals surface area contributed by atoms with Crippen LogP contribution < -0.4 is 5.19 Å². The van der Waals surface area contributed by atoms with Crippen molar-refractivity contribution in [2.45, 2.75) is 59.7 Å². The summed E-state index contributed by atoms with van der Waals surface area (Å²) in [5.41, 5.74) is 5.87. The van der Waals surface area contributed by atoms with Crippen LogP contribution in [0.15, 0.2) is 77.0 Å². The molecule has 0 spiro atoms. The summed E-state index contributed by atoms with van der Waals surface area (Å²) in [5, 5.41) is 14.7. The Balaban J connectivity index is 0.000000434. The van der Waals surface area contributed by atoms with E-state index in [0.29, 0.717) is 0 Å². The van der Waals surface area contributed by atoms with Crippen LogP contribution in [0.2, 0.25) is 13.1 Å². The molecule has 0 bridgehead atoms. The molecule has 3 heterocycles. The second-order valence-electron chi connectivity index (χ2n) is 11.8. The zero-order valence-electron chi connectivity index (χ0n) is 24.9. The van der Waals surface area contributed by atoms with Crippen molar-refractivity contribution in [3.05, 3.63) is 95.6 Å². The van der Waals surface area contributed by atoms with E-state index < -0.39 is 8.07 Å². The van der Waals surface area contributed by atoms with E-state index in [4.69, 9.17) is 14.5 Å². The molecule has 1 N–H and O–H groups in total. The van der Waals surface area contributed by atoms with Crippen LogP contribution >= 0.6 is 0 Å². The Morgan fingerprint density at radius 1 is 1.02 bits per heavy atom. The third-order valence-corrected chi connectivity index (χ3v) is 13.8. The van der Waals surface area contributed by atoms with Crippen LogP contribution in [-0.4, -0.2) is 23.9 Å². The molecular formula is C35H36IrNO3Si-. The third-order valence-electron chi connectivity index (χ3n) is 8.68. The molecule has 1 aliphatic heterocycles. The van der Waals surface area contributed by atoms with Crippen LogP contribution in [0.4, 0.5) is 0 Å². The van der Waals surface area contributed by atoms with Crippen molar-refractivity contribution < 1.29 is 34.4 Å². The van der Waals surface area contributed by atoms with E-state index in [0.717, 1.165) is 33.6 Å². The normalized spacial score (nSPS) is 14.9. The minimum Gasteiger partial charge on any atom is -0.512 e. The first kappa shape index (κ1) is 30.6. The Morgan fingerprint density at radius 2 is 1.66 bits per heavy atom. The van der Waals surface area contributed by atoms with Gasteiger partial charge in [-0.25, -0.2) is 0 Å². The van der Waals surface area contributed by atoms with Crippen molar-refractivity contribution in [2.24, 2.45) is 0 Å². The number of ketones is 1. The number of nitrogens with zero attached hydrogens (tertiary/aromatic N) is 1. The Bertz CT molecular complexity index is 1830. The van der Waals surface area contributed by atoms with Crippen LogP contribution in [0, 0.1) is 19.9 Å². The fourth-order valence-electron chi connectivity index (χ4n) is 6.03. The van der Waals surface area contributed by atoms with E-state index in [-0.39, 0.29) is 36.7 Å². The molecule has 1 aliphatic rings. The van der Waals surface area contributed by atoms with Gasteiger partial charge < -0.3 is 9.52 Å². The molecule has 0 fully saturated rings. The minimum absolute atomic E-state index is 0. The van der Waals surface area contributed by atoms with Gasteiger partial charge in [-0.2, -0.15) is 0 Å². The molecule has 5 aromatic rings. The van der Waals surface area contributed by atoms with Gasteiger partial charge in [-0.15, -0.1) is 22.7 Å². The van der Waals surface area contributed by atoms with Crippen LogP contribution in [-0.2, 0) is 29.9 Å². The second kappa shape index (κ2) is 11.2. The number of aliphatic hydroxyl groups is 1. The van der Waals surface area contributed by atoms with E-state index >= 15 is 0 Å². The van der Waals surface area contributed by atoms with Crippen molar-refractivity contribution in [3.63, 3.8) is 0 Å². The van der Waals surface area contributed by atoms with Gasteiger partial charge in [-0.1, -0.05) is 86.4 Å². The maximum atomic E-state index is 10.0. The first-order chi connectivity index (χ1) is 18.8. The molecule has 3 aromatic carbocycles. The Hall–Kier alpha value is -3.31. The monoisotopic (exact) mass is 739 g/mol. The summed E-state index contributed by atoms with van der Waals surface area (Å²) in [6.07, 6.45) is 3.15. The number of carbonyl (C=O) groups is 1. The molecule has 213 valence electrons. The molecule has 4 nitrogen and oxygen atoms in total. The van der Waals surface area contributed by atoms with E-state index in [1.807, 2.05) is 6.20 Å². The first-order valence-electron chi connectivity index (χ1n) is 13.7. The molecule has 1 radical (unpaired) electrons. The molecule has 0 amide bonds. The Kier molecular flexibility index (Phi) is 8.34. The number of fused-ring (bicyclic) bond motifs is 6. The van der Waals surface area contributed by atoms with Gasteiger partial charge in [-0.3, -0.25) is 9.78 Å². The average molecular weight is 739 g/mol. The van der Waals surface area contributed by atoms with Gasteiger partial charge in [0, 0.05) is 38.1 Å². The summed E-state index contributed by atoms with van der Waals surface area (Å²) in [6, 6.07) is 23.1. The number of hydrogen-bond acceptors (Lipinski definition) is 4. The van der Waals surface area contributed by atoms with Crippen LogP contribution in [0.5, 0.6) is 0 Å². The molecule has 0 unspecified atom stereocenters. The molecule has 0 saturated carbocycles. The van der Waals surface area contributed by atoms with Crippen LogP contribution in [0.3, 0.4) is 0 Å². The SMILES string of the molecule is CC(=O)/C=C(/C)O.Cc1oc2c(c1C)C(C)(C)[Si](C)(C)c1c-2c(-c2cc3ccccc3cn2)[c-]c2ccccc12.[Ir]. The van der Waals surface area contributed by atoms with Gasteiger partial charge >= 0.3 is 0 Å². The molecule has 0 atom stereocenters. The van der Waals surface area contributed by atoms with Crippen molar-refractivity contribution >= 4 is 40.6 Å². The van der Waals surface area contributed by atoms with Crippen molar-refractivity contribution in [1.29, 1.82) is 0 Å².